The first-order valence-corrected chi connectivity index (χ1v) is 16.8. The van der Waals surface area contributed by atoms with E-state index in [0.717, 1.165) is 12.8 Å². The number of benzene rings is 3. The van der Waals surface area contributed by atoms with E-state index in [4.69, 9.17) is 16.3 Å². The van der Waals surface area contributed by atoms with Gasteiger partial charge < -0.3 is 30.5 Å². The predicted molar refractivity (Wildman–Crippen MR) is 175 cm³/mol. The summed E-state index contributed by atoms with van der Waals surface area (Å²) in [5.41, 5.74) is -2.38. The molecule has 2 bridgehead atoms. The van der Waals surface area contributed by atoms with Crippen molar-refractivity contribution in [1.29, 1.82) is 0 Å². The van der Waals surface area contributed by atoms with Crippen LogP contribution in [0.1, 0.15) is 45.4 Å². The minimum Gasteiger partial charge on any atom is -0.508 e. The van der Waals surface area contributed by atoms with Gasteiger partial charge in [-0.25, -0.2) is 17.6 Å². The largest absolute Gasteiger partial charge is 0.508 e. The second-order valence-electron chi connectivity index (χ2n) is 14.4. The number of nitrogens with one attached hydrogen (secondary N) is 2. The van der Waals surface area contributed by atoms with E-state index in [0.29, 0.717) is 43.1 Å². The van der Waals surface area contributed by atoms with Gasteiger partial charge in [0.1, 0.15) is 29.5 Å². The van der Waals surface area contributed by atoms with Crippen molar-refractivity contribution in [2.24, 2.45) is 5.41 Å². The van der Waals surface area contributed by atoms with Gasteiger partial charge in [0.25, 0.3) is 5.92 Å². The van der Waals surface area contributed by atoms with Crippen LogP contribution in [0.2, 0.25) is 5.02 Å². The molecule has 1 aromatic heterocycles. The quantitative estimate of drug-likeness (QED) is 0.160. The number of halogens is 5. The van der Waals surface area contributed by atoms with E-state index in [9.17, 15) is 19.0 Å². The van der Waals surface area contributed by atoms with Crippen molar-refractivity contribution in [2.45, 2.75) is 75.1 Å². The summed E-state index contributed by atoms with van der Waals surface area (Å²) >= 11 is 6.51. The number of fused-ring (bicyclic) bond motifs is 4. The molecule has 2 aliphatic carbocycles. The molecule has 4 fully saturated rings. The van der Waals surface area contributed by atoms with Crippen molar-refractivity contribution in [3.05, 3.63) is 53.1 Å². The van der Waals surface area contributed by atoms with Gasteiger partial charge >= 0.3 is 6.01 Å². The molecule has 8 rings (SSSR count). The SMILES string of the molecule is C[C@]12CC[C@H](CN(c3nc(OC[C@]4(CN[C@@H]5CC[C@H](O)C5)CC4(F)F)nc4c(F)c(-c5cc(O)cc6cccc(Cl)c56)c(F)cc34)C1)N2. The van der Waals surface area contributed by atoms with E-state index >= 15 is 8.78 Å². The number of rotatable bonds is 8. The first-order chi connectivity index (χ1) is 22.8. The fraction of sp³-hybridized carbons (Fsp3) is 0.486. The Kier molecular flexibility index (Phi) is 7.48. The highest BCUT2D eigenvalue weighted by atomic mass is 35.5. The molecular formula is C35H36ClF4N5O3. The minimum atomic E-state index is -2.99. The molecule has 0 spiro atoms. The van der Waals surface area contributed by atoms with Crippen molar-refractivity contribution in [3.63, 3.8) is 0 Å². The molecule has 2 saturated carbocycles. The lowest BCUT2D eigenvalue weighted by molar-refractivity contribution is 0.0391. The number of piperazine rings is 1. The fourth-order valence-corrected chi connectivity index (χ4v) is 8.33. The van der Waals surface area contributed by atoms with E-state index in [2.05, 4.69) is 27.5 Å². The second-order valence-corrected chi connectivity index (χ2v) is 14.8. The van der Waals surface area contributed by atoms with Gasteiger partial charge in [0.2, 0.25) is 0 Å². The number of phenols is 1. The molecular weight excluding hydrogens is 650 g/mol. The zero-order valence-electron chi connectivity index (χ0n) is 26.3. The summed E-state index contributed by atoms with van der Waals surface area (Å²) < 4.78 is 68.6. The van der Waals surface area contributed by atoms with Crippen LogP contribution in [0.5, 0.6) is 11.8 Å². The van der Waals surface area contributed by atoms with E-state index in [-0.39, 0.29) is 63.2 Å². The van der Waals surface area contributed by atoms with Crippen LogP contribution in [-0.4, -0.2) is 76.1 Å². The average molecular weight is 686 g/mol. The van der Waals surface area contributed by atoms with Crippen LogP contribution >= 0.6 is 11.6 Å². The molecule has 8 nitrogen and oxygen atoms in total. The number of hydrogen-bond donors (Lipinski definition) is 4. The molecule has 3 aromatic carbocycles. The molecule has 5 atom stereocenters. The summed E-state index contributed by atoms with van der Waals surface area (Å²) in [4.78, 5) is 10.9. The van der Waals surface area contributed by atoms with Crippen LogP contribution in [-0.2, 0) is 0 Å². The standard InChI is InChI=1S/C35H36ClF4N5O3/c1-33-8-7-20(44-33)13-45(16-33)31-24-12-26(37)28(23-11-22(47)9-18-3-2-4-25(36)27(18)23)29(38)30(24)42-32(43-31)48-17-34(14-35(34,39)40)15-41-19-5-6-21(46)10-19/h2-4,9,11-12,19-21,41,44,46-47H,5-8,10,13-17H2,1H3/t19-,20-,21+,33+,34-/m1/s1. The molecule has 4 aromatic rings. The van der Waals surface area contributed by atoms with Crippen LogP contribution < -0.4 is 20.3 Å². The third kappa shape index (κ3) is 5.41. The Morgan fingerprint density at radius 2 is 1.96 bits per heavy atom. The Morgan fingerprint density at radius 3 is 2.69 bits per heavy atom. The predicted octanol–water partition coefficient (Wildman–Crippen LogP) is 6.33. The van der Waals surface area contributed by atoms with Crippen molar-refractivity contribution < 1.29 is 32.5 Å². The molecule has 0 radical (unpaired) electrons. The molecule has 2 saturated heterocycles. The number of anilines is 1. The van der Waals surface area contributed by atoms with Crippen LogP contribution in [0, 0.1) is 17.0 Å². The van der Waals surface area contributed by atoms with Gasteiger partial charge in [-0.15, -0.1) is 0 Å². The van der Waals surface area contributed by atoms with Crippen molar-refractivity contribution >= 4 is 39.1 Å². The summed E-state index contributed by atoms with van der Waals surface area (Å²) in [6.45, 7) is 2.68. The zero-order chi connectivity index (χ0) is 33.6. The maximum atomic E-state index is 16.8. The highest BCUT2D eigenvalue weighted by molar-refractivity contribution is 6.36. The molecule has 0 amide bonds. The lowest BCUT2D eigenvalue weighted by Gasteiger charge is -2.40. The Balaban J connectivity index is 1.22. The number of aliphatic hydroxyl groups excluding tert-OH is 1. The third-order valence-electron chi connectivity index (χ3n) is 10.7. The average Bonchev–Trinajstić information content (AvgIpc) is 3.23. The first-order valence-electron chi connectivity index (χ1n) is 16.4. The van der Waals surface area contributed by atoms with Gasteiger partial charge in [-0.3, -0.25) is 0 Å². The lowest BCUT2D eigenvalue weighted by atomic mass is 9.95. The summed E-state index contributed by atoms with van der Waals surface area (Å²) in [6.07, 6.45) is 2.83. The van der Waals surface area contributed by atoms with Gasteiger partial charge in [-0.2, -0.15) is 9.97 Å². The molecule has 48 heavy (non-hydrogen) atoms. The zero-order valence-corrected chi connectivity index (χ0v) is 27.1. The molecule has 13 heteroatoms. The van der Waals surface area contributed by atoms with E-state index < -0.39 is 47.7 Å². The Morgan fingerprint density at radius 1 is 1.15 bits per heavy atom. The maximum Gasteiger partial charge on any atom is 0.319 e. The summed E-state index contributed by atoms with van der Waals surface area (Å²) in [7, 11) is 0. The van der Waals surface area contributed by atoms with Crippen molar-refractivity contribution in [3.8, 4) is 22.9 Å². The Hall–Kier alpha value is -3.45. The lowest BCUT2D eigenvalue weighted by Crippen LogP contribution is -2.58. The number of aromatic nitrogens is 2. The molecule has 0 unspecified atom stereocenters. The highest BCUT2D eigenvalue weighted by Gasteiger charge is 2.71. The second kappa shape index (κ2) is 11.3. The molecule has 2 aliphatic heterocycles. The molecule has 254 valence electrons. The smallest absolute Gasteiger partial charge is 0.319 e. The van der Waals surface area contributed by atoms with E-state index in [1.165, 1.54) is 18.2 Å². The summed E-state index contributed by atoms with van der Waals surface area (Å²) in [5, 5.41) is 28.4. The highest BCUT2D eigenvalue weighted by Crippen LogP contribution is 2.60. The number of aromatic hydroxyl groups is 1. The van der Waals surface area contributed by atoms with E-state index in [1.54, 1.807) is 18.2 Å². The Bertz CT molecular complexity index is 1950. The van der Waals surface area contributed by atoms with Gasteiger partial charge in [-0.05, 0) is 68.7 Å². The third-order valence-corrected chi connectivity index (χ3v) is 11.0. The first kappa shape index (κ1) is 31.8. The van der Waals surface area contributed by atoms with Crippen LogP contribution in [0.3, 0.4) is 0 Å². The number of aliphatic hydroxyl groups is 1. The van der Waals surface area contributed by atoms with Gasteiger partial charge in [0, 0.05) is 65.0 Å². The fourth-order valence-electron chi connectivity index (χ4n) is 8.05. The number of hydrogen-bond acceptors (Lipinski definition) is 8. The molecule has 4 N–H and O–H groups in total. The van der Waals surface area contributed by atoms with Crippen molar-refractivity contribution in [1.82, 2.24) is 20.6 Å². The summed E-state index contributed by atoms with van der Waals surface area (Å²) in [6, 6.07) is 8.64. The number of ether oxygens (including phenoxy) is 1. The number of phenolic OH excluding ortho intramolecular Hbond substituents is 1. The van der Waals surface area contributed by atoms with Gasteiger partial charge in [0.15, 0.2) is 5.82 Å². The van der Waals surface area contributed by atoms with Crippen LogP contribution in [0.15, 0.2) is 36.4 Å². The number of nitrogens with zero attached hydrogens (tertiary/aromatic N) is 3. The minimum absolute atomic E-state index is 0.0231. The normalized spacial score (nSPS) is 29.2. The number of alkyl halides is 2. The maximum absolute atomic E-state index is 16.8. The molecule has 3 heterocycles. The monoisotopic (exact) mass is 685 g/mol. The van der Waals surface area contributed by atoms with Crippen LogP contribution in [0.25, 0.3) is 32.8 Å². The van der Waals surface area contributed by atoms with Gasteiger partial charge in [-0.1, -0.05) is 23.7 Å². The van der Waals surface area contributed by atoms with Gasteiger partial charge in [0.05, 0.1) is 17.1 Å². The molecule has 4 aliphatic rings. The van der Waals surface area contributed by atoms with Crippen molar-refractivity contribution in [2.75, 3.05) is 31.1 Å². The van der Waals surface area contributed by atoms with E-state index in [1.807, 2.05) is 4.90 Å². The van der Waals surface area contributed by atoms with Crippen LogP contribution in [0.4, 0.5) is 23.4 Å². The Labute approximate surface area is 279 Å². The topological polar surface area (TPSA) is 103 Å². The summed E-state index contributed by atoms with van der Waals surface area (Å²) in [5.74, 6) is -4.84.